The van der Waals surface area contributed by atoms with E-state index in [2.05, 4.69) is 15.9 Å². The molecule has 0 amide bonds. The summed E-state index contributed by atoms with van der Waals surface area (Å²) < 4.78 is 0.461. The fourth-order valence-corrected chi connectivity index (χ4v) is 2.11. The maximum absolute atomic E-state index is 11.1. The summed E-state index contributed by atoms with van der Waals surface area (Å²) >= 11 is 8.94. The Morgan fingerprint density at radius 1 is 1.54 bits per heavy atom. The first kappa shape index (κ1) is 10.4. The van der Waals surface area contributed by atoms with Crippen LogP contribution in [0.15, 0.2) is 16.6 Å². The van der Waals surface area contributed by atoms with E-state index in [1.165, 1.54) is 13.0 Å². The van der Waals surface area contributed by atoms with E-state index in [1.807, 2.05) is 0 Å². The van der Waals surface area contributed by atoms with Crippen LogP contribution < -0.4 is 0 Å². The Morgan fingerprint density at radius 2 is 2.15 bits per heavy atom. The summed E-state index contributed by atoms with van der Waals surface area (Å²) in [5, 5.41) is 0.352. The fourth-order valence-electron chi connectivity index (χ4n) is 0.982. The van der Waals surface area contributed by atoms with Gasteiger partial charge in [0.2, 0.25) is 0 Å². The van der Waals surface area contributed by atoms with Crippen LogP contribution in [0, 0.1) is 0 Å². The van der Waals surface area contributed by atoms with E-state index in [0.29, 0.717) is 26.9 Å². The van der Waals surface area contributed by atoms with E-state index < -0.39 is 0 Å². The van der Waals surface area contributed by atoms with Crippen LogP contribution in [0.25, 0.3) is 0 Å². The molecule has 1 aromatic rings. The van der Waals surface area contributed by atoms with Crippen molar-refractivity contribution in [3.63, 3.8) is 0 Å². The molecule has 0 atom stereocenters. The van der Waals surface area contributed by atoms with Crippen LogP contribution in [0.2, 0.25) is 5.02 Å². The van der Waals surface area contributed by atoms with Crippen molar-refractivity contribution in [3.8, 4) is 0 Å². The molecule has 0 unspecified atom stereocenters. The molecule has 0 aromatic heterocycles. The third kappa shape index (κ3) is 1.98. The number of carbonyl (C=O) groups excluding carboxylic acids is 2. The van der Waals surface area contributed by atoms with Crippen LogP contribution in [-0.2, 0) is 0 Å². The van der Waals surface area contributed by atoms with Crippen molar-refractivity contribution in [2.24, 2.45) is 0 Å². The quantitative estimate of drug-likeness (QED) is 0.605. The Bertz CT molecular complexity index is 374. The predicted molar refractivity (Wildman–Crippen MR) is 54.5 cm³/mol. The van der Waals surface area contributed by atoms with Crippen molar-refractivity contribution in [2.45, 2.75) is 6.92 Å². The second kappa shape index (κ2) is 4.03. The molecular weight excluding hydrogens is 255 g/mol. The minimum Gasteiger partial charge on any atom is -0.298 e. The van der Waals surface area contributed by atoms with Crippen LogP contribution in [0.4, 0.5) is 0 Å². The molecule has 0 fully saturated rings. The third-order valence-corrected chi connectivity index (χ3v) is 2.77. The predicted octanol–water partition coefficient (Wildman–Crippen LogP) is 3.12. The van der Waals surface area contributed by atoms with Gasteiger partial charge in [0, 0.05) is 10.0 Å². The SMILES string of the molecule is CC(=O)c1c(Cl)ccc(C=O)c1Br. The molecule has 0 aliphatic rings. The molecule has 0 saturated heterocycles. The average molecular weight is 262 g/mol. The van der Waals surface area contributed by atoms with Gasteiger partial charge in [0.15, 0.2) is 12.1 Å². The van der Waals surface area contributed by atoms with Crippen LogP contribution in [0.5, 0.6) is 0 Å². The van der Waals surface area contributed by atoms with Gasteiger partial charge in [-0.3, -0.25) is 9.59 Å². The number of benzene rings is 1. The van der Waals surface area contributed by atoms with Crippen molar-refractivity contribution in [1.29, 1.82) is 0 Å². The topological polar surface area (TPSA) is 34.1 Å². The zero-order valence-corrected chi connectivity index (χ0v) is 9.15. The first-order valence-electron chi connectivity index (χ1n) is 3.52. The van der Waals surface area contributed by atoms with Crippen LogP contribution in [0.1, 0.15) is 27.6 Å². The molecule has 4 heteroatoms. The Hall–Kier alpha value is -0.670. The van der Waals surface area contributed by atoms with E-state index in [-0.39, 0.29) is 5.78 Å². The molecule has 1 aromatic carbocycles. The second-order valence-corrected chi connectivity index (χ2v) is 3.70. The lowest BCUT2D eigenvalue weighted by Gasteiger charge is -2.04. The van der Waals surface area contributed by atoms with Crippen LogP contribution in [-0.4, -0.2) is 12.1 Å². The van der Waals surface area contributed by atoms with Crippen molar-refractivity contribution >= 4 is 39.6 Å². The van der Waals surface area contributed by atoms with E-state index in [9.17, 15) is 9.59 Å². The van der Waals surface area contributed by atoms with Crippen molar-refractivity contribution < 1.29 is 9.59 Å². The molecule has 0 aliphatic carbocycles. The number of rotatable bonds is 2. The molecule has 0 spiro atoms. The molecule has 68 valence electrons. The molecule has 0 bridgehead atoms. The summed E-state index contributed by atoms with van der Waals surface area (Å²) in [5.41, 5.74) is 0.779. The number of hydrogen-bond donors (Lipinski definition) is 0. The lowest BCUT2D eigenvalue weighted by Crippen LogP contribution is -1.98. The van der Waals surface area contributed by atoms with Gasteiger partial charge in [-0.25, -0.2) is 0 Å². The standard InChI is InChI=1S/C9H6BrClO2/c1-5(13)8-7(11)3-2-6(4-12)9(8)10/h2-4H,1H3. The van der Waals surface area contributed by atoms with E-state index in [4.69, 9.17) is 11.6 Å². The molecule has 0 N–H and O–H groups in total. The number of ketones is 1. The summed E-state index contributed by atoms with van der Waals surface area (Å²) in [6.45, 7) is 1.40. The van der Waals surface area contributed by atoms with Crippen molar-refractivity contribution in [3.05, 3.63) is 32.8 Å². The Balaban J connectivity index is 3.47. The maximum atomic E-state index is 11.1. The summed E-state index contributed by atoms with van der Waals surface area (Å²) in [4.78, 5) is 21.7. The van der Waals surface area contributed by atoms with Gasteiger partial charge in [0.25, 0.3) is 0 Å². The maximum Gasteiger partial charge on any atom is 0.162 e. The average Bonchev–Trinajstić information content (AvgIpc) is 2.04. The summed E-state index contributed by atoms with van der Waals surface area (Å²) in [6.07, 6.45) is 0.673. The monoisotopic (exact) mass is 260 g/mol. The minimum atomic E-state index is -0.166. The highest BCUT2D eigenvalue weighted by Crippen LogP contribution is 2.27. The van der Waals surface area contributed by atoms with Crippen LogP contribution >= 0.6 is 27.5 Å². The molecule has 0 heterocycles. The second-order valence-electron chi connectivity index (χ2n) is 2.50. The third-order valence-electron chi connectivity index (χ3n) is 1.60. The number of Topliss-reactive ketones (excluding diaryl/α,β-unsaturated/α-hetero) is 1. The molecule has 0 saturated carbocycles. The molecular formula is C9H6BrClO2. The fraction of sp³-hybridized carbons (Fsp3) is 0.111. The van der Waals surface area contributed by atoms with Gasteiger partial charge < -0.3 is 0 Å². The zero-order valence-electron chi connectivity index (χ0n) is 6.80. The summed E-state index contributed by atoms with van der Waals surface area (Å²) in [6, 6.07) is 3.10. The summed E-state index contributed by atoms with van der Waals surface area (Å²) in [7, 11) is 0. The number of carbonyl (C=O) groups is 2. The van der Waals surface area contributed by atoms with Gasteiger partial charge in [-0.1, -0.05) is 11.6 Å². The minimum absolute atomic E-state index is 0.166. The summed E-state index contributed by atoms with van der Waals surface area (Å²) in [5.74, 6) is -0.166. The highest BCUT2D eigenvalue weighted by atomic mass is 79.9. The molecule has 1 rings (SSSR count). The largest absolute Gasteiger partial charge is 0.298 e. The van der Waals surface area contributed by atoms with Crippen molar-refractivity contribution in [2.75, 3.05) is 0 Å². The number of aldehydes is 1. The molecule has 0 aliphatic heterocycles. The first-order chi connectivity index (χ1) is 6.07. The molecule has 0 radical (unpaired) electrons. The lowest BCUT2D eigenvalue weighted by atomic mass is 10.1. The van der Waals surface area contributed by atoms with Gasteiger partial charge in [-0.15, -0.1) is 0 Å². The number of hydrogen-bond acceptors (Lipinski definition) is 2. The zero-order chi connectivity index (χ0) is 10.0. The highest BCUT2D eigenvalue weighted by Gasteiger charge is 2.13. The Kier molecular flexibility index (Phi) is 3.22. The smallest absolute Gasteiger partial charge is 0.162 e. The van der Waals surface area contributed by atoms with Gasteiger partial charge in [0.1, 0.15) is 0 Å². The van der Waals surface area contributed by atoms with Gasteiger partial charge in [-0.2, -0.15) is 0 Å². The molecule has 13 heavy (non-hydrogen) atoms. The number of halogens is 2. The molecule has 2 nitrogen and oxygen atoms in total. The van der Waals surface area contributed by atoms with E-state index >= 15 is 0 Å². The van der Waals surface area contributed by atoms with Gasteiger partial charge in [-0.05, 0) is 35.0 Å². The Labute approximate surface area is 89.0 Å². The van der Waals surface area contributed by atoms with E-state index in [0.717, 1.165) is 0 Å². The first-order valence-corrected chi connectivity index (χ1v) is 4.69. The lowest BCUT2D eigenvalue weighted by molar-refractivity contribution is 0.101. The van der Waals surface area contributed by atoms with Crippen molar-refractivity contribution in [1.82, 2.24) is 0 Å². The highest BCUT2D eigenvalue weighted by molar-refractivity contribution is 9.10. The van der Waals surface area contributed by atoms with Gasteiger partial charge in [0.05, 0.1) is 10.6 Å². The normalized spacial score (nSPS) is 9.77. The van der Waals surface area contributed by atoms with E-state index in [1.54, 1.807) is 6.07 Å². The van der Waals surface area contributed by atoms with Crippen LogP contribution in [0.3, 0.4) is 0 Å². The van der Waals surface area contributed by atoms with Gasteiger partial charge >= 0.3 is 0 Å². The Morgan fingerprint density at radius 3 is 2.62 bits per heavy atom.